The third-order valence-corrected chi connectivity index (χ3v) is 3.65. The molecule has 0 radical (unpaired) electrons. The second-order valence-corrected chi connectivity index (χ2v) is 5.08. The predicted octanol–water partition coefficient (Wildman–Crippen LogP) is 3.01. The number of methoxy groups -OCH3 is 1. The van der Waals surface area contributed by atoms with Crippen LogP contribution in [0.2, 0.25) is 0 Å². The maximum atomic E-state index is 6.16. The molecule has 0 saturated heterocycles. The van der Waals surface area contributed by atoms with Gasteiger partial charge in [0.2, 0.25) is 0 Å². The molecule has 0 spiro atoms. The molecular weight excluding hydrogens is 290 g/mol. The minimum absolute atomic E-state index is 0. The average molecular weight is 308 g/mol. The molecule has 0 amide bonds. The van der Waals surface area contributed by atoms with Crippen molar-refractivity contribution in [2.24, 2.45) is 5.73 Å². The van der Waals surface area contributed by atoms with Crippen molar-refractivity contribution in [3.63, 3.8) is 0 Å². The van der Waals surface area contributed by atoms with Crippen LogP contribution in [0.3, 0.4) is 0 Å². The van der Waals surface area contributed by atoms with Crippen molar-refractivity contribution in [2.75, 3.05) is 7.11 Å². The Morgan fingerprint density at radius 1 is 1.33 bits per heavy atom. The van der Waals surface area contributed by atoms with E-state index in [4.69, 9.17) is 15.0 Å². The van der Waals surface area contributed by atoms with Crippen LogP contribution in [-0.4, -0.2) is 17.3 Å². The maximum Gasteiger partial charge on any atom is 0.250 e. The molecular formula is C15H18ClN3O2. The Kier molecular flexibility index (Phi) is 4.65. The van der Waals surface area contributed by atoms with Gasteiger partial charge in [-0.2, -0.15) is 4.98 Å². The topological polar surface area (TPSA) is 74.2 Å². The van der Waals surface area contributed by atoms with Crippen LogP contribution >= 0.6 is 12.4 Å². The van der Waals surface area contributed by atoms with E-state index in [1.165, 1.54) is 0 Å². The van der Waals surface area contributed by atoms with Crippen LogP contribution in [0.5, 0.6) is 5.75 Å². The van der Waals surface area contributed by atoms with Gasteiger partial charge in [0.1, 0.15) is 5.75 Å². The summed E-state index contributed by atoms with van der Waals surface area (Å²) in [6.45, 7) is 0. The summed E-state index contributed by atoms with van der Waals surface area (Å²) in [5.41, 5.74) is 6.78. The van der Waals surface area contributed by atoms with Crippen LogP contribution < -0.4 is 10.5 Å². The predicted molar refractivity (Wildman–Crippen MR) is 83.2 cm³/mol. The summed E-state index contributed by atoms with van der Waals surface area (Å²) in [6.07, 6.45) is 6.66. The summed E-state index contributed by atoms with van der Waals surface area (Å²) in [7, 11) is 1.65. The lowest BCUT2D eigenvalue weighted by molar-refractivity contribution is 0.229. The Morgan fingerprint density at radius 2 is 2.14 bits per heavy atom. The number of nitrogens with zero attached hydrogens (tertiary/aromatic N) is 2. The van der Waals surface area contributed by atoms with Crippen LogP contribution in [0.4, 0.5) is 0 Å². The summed E-state index contributed by atoms with van der Waals surface area (Å²) in [4.78, 5) is 4.34. The molecule has 1 fully saturated rings. The number of hydrogen-bond acceptors (Lipinski definition) is 5. The quantitative estimate of drug-likeness (QED) is 0.940. The number of halogens is 1. The fourth-order valence-electron chi connectivity index (χ4n) is 2.20. The molecule has 1 saturated carbocycles. The van der Waals surface area contributed by atoms with Crippen molar-refractivity contribution >= 4 is 24.6 Å². The molecule has 21 heavy (non-hydrogen) atoms. The number of rotatable bonds is 4. The molecule has 0 bridgehead atoms. The van der Waals surface area contributed by atoms with Crippen LogP contribution in [0.15, 0.2) is 28.8 Å². The van der Waals surface area contributed by atoms with E-state index < -0.39 is 0 Å². The van der Waals surface area contributed by atoms with Gasteiger partial charge in [-0.05, 0) is 43.0 Å². The molecule has 0 atom stereocenters. The van der Waals surface area contributed by atoms with E-state index in [1.54, 1.807) is 13.2 Å². The summed E-state index contributed by atoms with van der Waals surface area (Å²) in [6, 6.07) is 7.74. The van der Waals surface area contributed by atoms with Gasteiger partial charge in [-0.25, -0.2) is 0 Å². The lowest BCUT2D eigenvalue weighted by atomic mass is 9.77. The highest BCUT2D eigenvalue weighted by molar-refractivity contribution is 5.85. The fourth-order valence-corrected chi connectivity index (χ4v) is 2.20. The summed E-state index contributed by atoms with van der Waals surface area (Å²) in [5.74, 6) is 1.89. The van der Waals surface area contributed by atoms with E-state index in [1.807, 2.05) is 30.3 Å². The summed E-state index contributed by atoms with van der Waals surface area (Å²) < 4.78 is 10.4. The van der Waals surface area contributed by atoms with Gasteiger partial charge in [-0.3, -0.25) is 0 Å². The van der Waals surface area contributed by atoms with Crippen molar-refractivity contribution in [1.82, 2.24) is 10.1 Å². The molecule has 1 aliphatic rings. The van der Waals surface area contributed by atoms with E-state index in [-0.39, 0.29) is 17.9 Å². The highest BCUT2D eigenvalue weighted by atomic mass is 35.5. The summed E-state index contributed by atoms with van der Waals surface area (Å²) in [5, 5.41) is 3.97. The molecule has 112 valence electrons. The van der Waals surface area contributed by atoms with Gasteiger partial charge in [0.25, 0.3) is 5.89 Å². The Morgan fingerprint density at radius 3 is 2.81 bits per heavy atom. The Hall–Kier alpha value is -1.85. The second-order valence-electron chi connectivity index (χ2n) is 5.08. The van der Waals surface area contributed by atoms with Crippen LogP contribution in [0, 0.1) is 0 Å². The van der Waals surface area contributed by atoms with Crippen molar-refractivity contribution in [1.29, 1.82) is 0 Å². The van der Waals surface area contributed by atoms with Gasteiger partial charge >= 0.3 is 0 Å². The highest BCUT2D eigenvalue weighted by Crippen LogP contribution is 2.36. The summed E-state index contributed by atoms with van der Waals surface area (Å²) >= 11 is 0. The first-order valence-corrected chi connectivity index (χ1v) is 6.65. The number of ether oxygens (including phenoxy) is 1. The van der Waals surface area contributed by atoms with Gasteiger partial charge in [0.05, 0.1) is 12.6 Å². The maximum absolute atomic E-state index is 6.16. The van der Waals surface area contributed by atoms with Crippen molar-refractivity contribution in [3.05, 3.63) is 41.5 Å². The van der Waals surface area contributed by atoms with E-state index in [2.05, 4.69) is 10.1 Å². The molecule has 0 unspecified atom stereocenters. The van der Waals surface area contributed by atoms with Crippen molar-refractivity contribution < 1.29 is 9.26 Å². The highest BCUT2D eigenvalue weighted by Gasteiger charge is 2.38. The standard InChI is InChI=1S/C15H17N3O2.ClH/c1-19-12-5-2-4-11(10-12)6-7-13-17-14(18-20-13)15(16)8-3-9-15;/h2,4-7,10H,3,8-9,16H2,1H3;1H/b7-6+;. The zero-order valence-electron chi connectivity index (χ0n) is 11.8. The molecule has 2 aromatic rings. The largest absolute Gasteiger partial charge is 0.497 e. The molecule has 6 heteroatoms. The van der Waals surface area contributed by atoms with Crippen LogP contribution in [0.1, 0.15) is 36.5 Å². The third kappa shape index (κ3) is 3.25. The second kappa shape index (κ2) is 6.28. The Labute approximate surface area is 129 Å². The lowest BCUT2D eigenvalue weighted by Crippen LogP contribution is -2.44. The molecule has 3 rings (SSSR count). The van der Waals surface area contributed by atoms with Crippen molar-refractivity contribution in [2.45, 2.75) is 24.8 Å². The number of nitrogens with two attached hydrogens (primary N) is 1. The smallest absolute Gasteiger partial charge is 0.250 e. The minimum Gasteiger partial charge on any atom is -0.497 e. The molecule has 1 heterocycles. The zero-order valence-corrected chi connectivity index (χ0v) is 12.6. The number of benzene rings is 1. The van der Waals surface area contributed by atoms with Crippen LogP contribution in [-0.2, 0) is 5.54 Å². The minimum atomic E-state index is -0.383. The van der Waals surface area contributed by atoms with Gasteiger partial charge < -0.3 is 15.0 Å². The SMILES string of the molecule is COc1cccc(/C=C/c2nc(C3(N)CCC3)no2)c1.Cl. The third-order valence-electron chi connectivity index (χ3n) is 3.65. The molecule has 1 aliphatic carbocycles. The molecule has 5 nitrogen and oxygen atoms in total. The first-order chi connectivity index (χ1) is 9.69. The van der Waals surface area contributed by atoms with Gasteiger partial charge in [-0.1, -0.05) is 17.3 Å². The van der Waals surface area contributed by atoms with E-state index in [0.29, 0.717) is 11.7 Å². The molecule has 1 aromatic carbocycles. The normalized spacial score (nSPS) is 16.3. The Balaban J connectivity index is 0.00000161. The van der Waals surface area contributed by atoms with Crippen molar-refractivity contribution in [3.8, 4) is 5.75 Å². The van der Waals surface area contributed by atoms with E-state index in [0.717, 1.165) is 30.6 Å². The fraction of sp³-hybridized carbons (Fsp3) is 0.333. The van der Waals surface area contributed by atoms with Crippen LogP contribution in [0.25, 0.3) is 12.2 Å². The van der Waals surface area contributed by atoms with Gasteiger partial charge in [-0.15, -0.1) is 12.4 Å². The number of aromatic nitrogens is 2. The first kappa shape index (κ1) is 15.5. The van der Waals surface area contributed by atoms with Gasteiger partial charge in [0, 0.05) is 6.08 Å². The number of hydrogen-bond donors (Lipinski definition) is 1. The first-order valence-electron chi connectivity index (χ1n) is 6.65. The molecule has 2 N–H and O–H groups in total. The van der Waals surface area contributed by atoms with E-state index >= 15 is 0 Å². The monoisotopic (exact) mass is 307 g/mol. The lowest BCUT2D eigenvalue weighted by Gasteiger charge is -2.34. The molecule has 0 aliphatic heterocycles. The van der Waals surface area contributed by atoms with Gasteiger partial charge in [0.15, 0.2) is 5.82 Å². The zero-order chi connectivity index (χ0) is 14.0. The molecule has 1 aromatic heterocycles. The Bertz CT molecular complexity index is 635. The van der Waals surface area contributed by atoms with E-state index in [9.17, 15) is 0 Å². The average Bonchev–Trinajstić information content (AvgIpc) is 2.92.